The molecule has 0 fully saturated rings. The molecule has 1 unspecified atom stereocenters. The average Bonchev–Trinajstić information content (AvgIpc) is 2.13. The van der Waals surface area contributed by atoms with E-state index in [1.165, 1.54) is 0 Å². The maximum absolute atomic E-state index is 11.4. The van der Waals surface area contributed by atoms with Crippen molar-refractivity contribution in [2.24, 2.45) is 0 Å². The summed E-state index contributed by atoms with van der Waals surface area (Å²) < 4.78 is 25.3. The standard InChI is InChI=1S/C9H20BrNO2S/c1-3-5-7-14(12,13)11-8-9(10)6-4-2/h9,11H,3-8H2,1-2H3. The van der Waals surface area contributed by atoms with Gasteiger partial charge in [-0.25, -0.2) is 13.1 Å². The molecule has 0 bridgehead atoms. The van der Waals surface area contributed by atoms with Crippen LogP contribution in [0.4, 0.5) is 0 Å². The molecule has 0 saturated carbocycles. The molecule has 0 radical (unpaired) electrons. The number of hydrogen-bond acceptors (Lipinski definition) is 2. The van der Waals surface area contributed by atoms with Crippen molar-refractivity contribution in [2.45, 2.75) is 44.4 Å². The highest BCUT2D eigenvalue weighted by molar-refractivity contribution is 9.09. The van der Waals surface area contributed by atoms with E-state index in [-0.39, 0.29) is 10.6 Å². The minimum atomic E-state index is -3.04. The van der Waals surface area contributed by atoms with E-state index in [2.05, 4.69) is 27.6 Å². The Bertz CT molecular complexity index is 229. The summed E-state index contributed by atoms with van der Waals surface area (Å²) in [7, 11) is -3.04. The Morgan fingerprint density at radius 2 is 1.93 bits per heavy atom. The number of unbranched alkanes of at least 4 members (excludes halogenated alkanes) is 1. The van der Waals surface area contributed by atoms with Gasteiger partial charge in [0, 0.05) is 11.4 Å². The molecule has 0 aliphatic rings. The molecule has 0 aromatic rings. The first kappa shape index (κ1) is 14.4. The highest BCUT2D eigenvalue weighted by atomic mass is 79.9. The van der Waals surface area contributed by atoms with Crippen molar-refractivity contribution in [3.8, 4) is 0 Å². The summed E-state index contributed by atoms with van der Waals surface area (Å²) in [6.45, 7) is 4.57. The summed E-state index contributed by atoms with van der Waals surface area (Å²) >= 11 is 3.43. The molecule has 0 amide bonds. The van der Waals surface area contributed by atoms with Gasteiger partial charge in [-0.05, 0) is 12.8 Å². The van der Waals surface area contributed by atoms with E-state index in [9.17, 15) is 8.42 Å². The Hall–Kier alpha value is 0.390. The van der Waals surface area contributed by atoms with Gasteiger partial charge >= 0.3 is 0 Å². The minimum absolute atomic E-state index is 0.245. The quantitative estimate of drug-likeness (QED) is 0.696. The largest absolute Gasteiger partial charge is 0.214 e. The number of nitrogens with one attached hydrogen (secondary N) is 1. The number of sulfonamides is 1. The van der Waals surface area contributed by atoms with Crippen LogP contribution in [0.5, 0.6) is 0 Å². The van der Waals surface area contributed by atoms with E-state index < -0.39 is 10.0 Å². The van der Waals surface area contributed by atoms with E-state index in [1.54, 1.807) is 0 Å². The first-order valence-corrected chi connectivity index (χ1v) is 7.70. The molecule has 0 saturated heterocycles. The average molecular weight is 286 g/mol. The van der Waals surface area contributed by atoms with Crippen LogP contribution in [0.2, 0.25) is 0 Å². The number of halogens is 1. The third kappa shape index (κ3) is 7.76. The molecule has 5 heteroatoms. The molecule has 0 spiro atoms. The van der Waals surface area contributed by atoms with Crippen molar-refractivity contribution in [1.82, 2.24) is 4.72 Å². The van der Waals surface area contributed by atoms with Gasteiger partial charge in [-0.15, -0.1) is 0 Å². The summed E-state index contributed by atoms with van der Waals surface area (Å²) in [6, 6.07) is 0. The lowest BCUT2D eigenvalue weighted by atomic mass is 10.2. The zero-order valence-corrected chi connectivity index (χ0v) is 11.3. The normalized spacial score (nSPS) is 14.2. The zero-order valence-electron chi connectivity index (χ0n) is 8.92. The first-order chi connectivity index (χ1) is 6.52. The van der Waals surface area contributed by atoms with E-state index in [1.807, 2.05) is 6.92 Å². The molecule has 0 aromatic heterocycles. The van der Waals surface area contributed by atoms with Crippen LogP contribution in [-0.2, 0) is 10.0 Å². The lowest BCUT2D eigenvalue weighted by Gasteiger charge is -2.10. The number of rotatable bonds is 8. The van der Waals surface area contributed by atoms with Crippen LogP contribution >= 0.6 is 15.9 Å². The fraction of sp³-hybridized carbons (Fsp3) is 1.00. The highest BCUT2D eigenvalue weighted by Crippen LogP contribution is 2.06. The summed E-state index contributed by atoms with van der Waals surface area (Å²) in [5.74, 6) is 0.245. The molecule has 0 aromatic carbocycles. The fourth-order valence-corrected chi connectivity index (χ4v) is 3.14. The molecule has 0 rings (SSSR count). The van der Waals surface area contributed by atoms with Crippen LogP contribution in [0.15, 0.2) is 0 Å². The van der Waals surface area contributed by atoms with E-state index in [0.717, 1.165) is 25.7 Å². The molecule has 1 N–H and O–H groups in total. The molecular weight excluding hydrogens is 266 g/mol. The summed E-state index contributed by atoms with van der Waals surface area (Å²) in [5.41, 5.74) is 0. The monoisotopic (exact) mass is 285 g/mol. The molecular formula is C9H20BrNO2S. The van der Waals surface area contributed by atoms with Gasteiger partial charge < -0.3 is 0 Å². The lowest BCUT2D eigenvalue weighted by molar-refractivity contribution is 0.575. The second kappa shape index (κ2) is 7.65. The topological polar surface area (TPSA) is 46.2 Å². The minimum Gasteiger partial charge on any atom is -0.214 e. The second-order valence-corrected chi connectivity index (χ2v) is 6.63. The predicted molar refractivity (Wildman–Crippen MR) is 64.3 cm³/mol. The predicted octanol–water partition coefficient (Wildman–Crippen LogP) is 2.27. The smallest absolute Gasteiger partial charge is 0.211 e. The Kier molecular flexibility index (Phi) is 7.86. The third-order valence-electron chi connectivity index (χ3n) is 1.89. The number of hydrogen-bond donors (Lipinski definition) is 1. The SMILES string of the molecule is CCCCS(=O)(=O)NCC(Br)CCC. The zero-order chi connectivity index (χ0) is 11.0. The summed E-state index contributed by atoms with van der Waals surface area (Å²) in [4.78, 5) is 0.254. The fourth-order valence-electron chi connectivity index (χ4n) is 1.04. The van der Waals surface area contributed by atoms with Gasteiger partial charge in [0.2, 0.25) is 10.0 Å². The van der Waals surface area contributed by atoms with Gasteiger partial charge in [0.25, 0.3) is 0 Å². The Morgan fingerprint density at radius 3 is 2.43 bits per heavy atom. The van der Waals surface area contributed by atoms with Crippen LogP contribution in [-0.4, -0.2) is 25.5 Å². The van der Waals surface area contributed by atoms with Crippen LogP contribution in [0.3, 0.4) is 0 Å². The molecule has 14 heavy (non-hydrogen) atoms. The summed E-state index contributed by atoms with van der Waals surface area (Å²) in [5, 5.41) is 0. The summed E-state index contributed by atoms with van der Waals surface area (Å²) in [6.07, 6.45) is 3.70. The van der Waals surface area contributed by atoms with E-state index in [4.69, 9.17) is 0 Å². The Labute approximate surface area is 95.8 Å². The van der Waals surface area contributed by atoms with Crippen LogP contribution in [0.25, 0.3) is 0 Å². The Balaban J connectivity index is 3.75. The van der Waals surface area contributed by atoms with Crippen LogP contribution in [0, 0.1) is 0 Å². The van der Waals surface area contributed by atoms with E-state index in [0.29, 0.717) is 6.54 Å². The molecule has 3 nitrogen and oxygen atoms in total. The number of alkyl halides is 1. The van der Waals surface area contributed by atoms with Gasteiger partial charge in [0.15, 0.2) is 0 Å². The Morgan fingerprint density at radius 1 is 1.29 bits per heavy atom. The van der Waals surface area contributed by atoms with Crippen molar-refractivity contribution in [1.29, 1.82) is 0 Å². The van der Waals surface area contributed by atoms with Crippen molar-refractivity contribution in [3.05, 3.63) is 0 Å². The van der Waals surface area contributed by atoms with Crippen molar-refractivity contribution in [3.63, 3.8) is 0 Å². The maximum Gasteiger partial charge on any atom is 0.211 e. The van der Waals surface area contributed by atoms with Gasteiger partial charge in [0.05, 0.1) is 5.75 Å². The third-order valence-corrected chi connectivity index (χ3v) is 4.11. The van der Waals surface area contributed by atoms with Crippen molar-refractivity contribution < 1.29 is 8.42 Å². The van der Waals surface area contributed by atoms with E-state index >= 15 is 0 Å². The van der Waals surface area contributed by atoms with Gasteiger partial charge in [-0.3, -0.25) is 0 Å². The van der Waals surface area contributed by atoms with Gasteiger partial charge in [-0.1, -0.05) is 42.6 Å². The second-order valence-electron chi connectivity index (χ2n) is 3.41. The molecule has 86 valence electrons. The van der Waals surface area contributed by atoms with Gasteiger partial charge in [-0.2, -0.15) is 0 Å². The van der Waals surface area contributed by atoms with Crippen LogP contribution in [0.1, 0.15) is 39.5 Å². The highest BCUT2D eigenvalue weighted by Gasteiger charge is 2.11. The van der Waals surface area contributed by atoms with Crippen molar-refractivity contribution in [2.75, 3.05) is 12.3 Å². The first-order valence-electron chi connectivity index (χ1n) is 5.13. The van der Waals surface area contributed by atoms with Crippen LogP contribution < -0.4 is 4.72 Å². The van der Waals surface area contributed by atoms with Gasteiger partial charge in [0.1, 0.15) is 0 Å². The molecule has 1 atom stereocenters. The van der Waals surface area contributed by atoms with Crippen molar-refractivity contribution >= 4 is 26.0 Å². The lowest BCUT2D eigenvalue weighted by Crippen LogP contribution is -2.31. The molecule has 0 heterocycles. The maximum atomic E-state index is 11.4. The molecule has 0 aliphatic heterocycles. The molecule has 0 aliphatic carbocycles.